The van der Waals surface area contributed by atoms with Crippen molar-refractivity contribution in [2.45, 2.75) is 38.1 Å². The number of hydrogen-bond acceptors (Lipinski definition) is 4. The van der Waals surface area contributed by atoms with Gasteiger partial charge in [-0.3, -0.25) is 20.2 Å². The van der Waals surface area contributed by atoms with Crippen molar-refractivity contribution in [3.05, 3.63) is 46.0 Å². The Balaban J connectivity index is 1.91. The van der Waals surface area contributed by atoms with Crippen molar-refractivity contribution in [3.63, 3.8) is 0 Å². The number of nitrogens with one attached hydrogen (secondary N) is 1. The summed E-state index contributed by atoms with van der Waals surface area (Å²) in [5.41, 5.74) is 0.580. The van der Waals surface area contributed by atoms with Gasteiger partial charge >= 0.3 is 0 Å². The topological polar surface area (TPSA) is 75.5 Å². The second-order valence-corrected chi connectivity index (χ2v) is 6.27. The minimum atomic E-state index is -0.467. The molecule has 6 nitrogen and oxygen atoms in total. The number of thiocarbonyl (C=S) groups is 1. The van der Waals surface area contributed by atoms with Crippen LogP contribution in [0.25, 0.3) is 6.08 Å². The molecule has 0 saturated heterocycles. The molecule has 0 aliphatic heterocycles. The van der Waals surface area contributed by atoms with Gasteiger partial charge in [0.2, 0.25) is 5.91 Å². The van der Waals surface area contributed by atoms with Gasteiger partial charge in [0.1, 0.15) is 0 Å². The highest BCUT2D eigenvalue weighted by atomic mass is 32.1. The summed E-state index contributed by atoms with van der Waals surface area (Å²) in [5, 5.41) is 13.8. The van der Waals surface area contributed by atoms with E-state index in [-0.39, 0.29) is 11.6 Å². The standard InChI is InChI=1S/C17H21N3O3S/c1-19(14-7-3-2-4-8-14)17(24)18-16(21)11-10-13-6-5-9-15(12-13)20(22)23/h5-6,9-12,14H,2-4,7-8H2,1H3,(H,18,21,24)/b11-10+. The summed E-state index contributed by atoms with van der Waals surface area (Å²) in [6, 6.07) is 6.48. The number of hydrogen-bond donors (Lipinski definition) is 1. The van der Waals surface area contributed by atoms with Gasteiger partial charge in [-0.15, -0.1) is 0 Å². The van der Waals surface area contributed by atoms with E-state index in [1.807, 2.05) is 11.9 Å². The molecule has 1 saturated carbocycles. The molecular weight excluding hydrogens is 326 g/mol. The van der Waals surface area contributed by atoms with Gasteiger partial charge in [-0.25, -0.2) is 0 Å². The largest absolute Gasteiger partial charge is 0.349 e. The Morgan fingerprint density at radius 1 is 1.38 bits per heavy atom. The van der Waals surface area contributed by atoms with Crippen LogP contribution in [0.3, 0.4) is 0 Å². The maximum Gasteiger partial charge on any atom is 0.270 e. The quantitative estimate of drug-likeness (QED) is 0.391. The molecule has 0 atom stereocenters. The molecule has 2 rings (SSSR count). The summed E-state index contributed by atoms with van der Waals surface area (Å²) < 4.78 is 0. The molecule has 24 heavy (non-hydrogen) atoms. The lowest BCUT2D eigenvalue weighted by Gasteiger charge is -2.32. The van der Waals surface area contributed by atoms with Gasteiger partial charge in [0.15, 0.2) is 5.11 Å². The van der Waals surface area contributed by atoms with E-state index in [0.29, 0.717) is 16.7 Å². The Kier molecular flexibility index (Phi) is 6.43. The average molecular weight is 347 g/mol. The molecule has 0 bridgehead atoms. The molecule has 0 aromatic heterocycles. The van der Waals surface area contributed by atoms with Crippen LogP contribution >= 0.6 is 12.2 Å². The van der Waals surface area contributed by atoms with Gasteiger partial charge in [-0.05, 0) is 36.7 Å². The van der Waals surface area contributed by atoms with Crippen LogP contribution in [0.5, 0.6) is 0 Å². The molecule has 1 aliphatic rings. The summed E-state index contributed by atoms with van der Waals surface area (Å²) >= 11 is 5.29. The molecule has 0 spiro atoms. The number of non-ortho nitro benzene ring substituents is 1. The van der Waals surface area contributed by atoms with Crippen LogP contribution in [0.1, 0.15) is 37.7 Å². The minimum absolute atomic E-state index is 0.00916. The molecule has 1 fully saturated rings. The monoisotopic (exact) mass is 347 g/mol. The second-order valence-electron chi connectivity index (χ2n) is 5.88. The van der Waals surface area contributed by atoms with Crippen molar-refractivity contribution in [1.29, 1.82) is 0 Å². The number of nitrogens with zero attached hydrogens (tertiary/aromatic N) is 2. The minimum Gasteiger partial charge on any atom is -0.349 e. The molecule has 1 aliphatic carbocycles. The van der Waals surface area contributed by atoms with E-state index in [9.17, 15) is 14.9 Å². The third kappa shape index (κ3) is 5.13. The normalized spacial score (nSPS) is 15.2. The predicted molar refractivity (Wildman–Crippen MR) is 97.5 cm³/mol. The predicted octanol–water partition coefficient (Wildman–Crippen LogP) is 3.27. The third-order valence-electron chi connectivity index (χ3n) is 4.18. The van der Waals surface area contributed by atoms with E-state index in [4.69, 9.17) is 12.2 Å². The summed E-state index contributed by atoms with van der Waals surface area (Å²) in [6.45, 7) is 0. The van der Waals surface area contributed by atoms with E-state index < -0.39 is 4.92 Å². The number of nitro benzene ring substituents is 1. The molecule has 1 amide bonds. The van der Waals surface area contributed by atoms with Crippen molar-refractivity contribution < 1.29 is 9.72 Å². The van der Waals surface area contributed by atoms with Crippen LogP contribution in [-0.4, -0.2) is 33.9 Å². The van der Waals surface area contributed by atoms with Crippen LogP contribution in [-0.2, 0) is 4.79 Å². The lowest BCUT2D eigenvalue weighted by Crippen LogP contribution is -2.45. The highest BCUT2D eigenvalue weighted by Gasteiger charge is 2.20. The summed E-state index contributed by atoms with van der Waals surface area (Å²) in [5.74, 6) is -0.339. The van der Waals surface area contributed by atoms with E-state index in [2.05, 4.69) is 5.32 Å². The van der Waals surface area contributed by atoms with Gasteiger partial charge in [0.25, 0.3) is 5.69 Å². The van der Waals surface area contributed by atoms with E-state index in [1.54, 1.807) is 12.1 Å². The maximum absolute atomic E-state index is 12.0. The van der Waals surface area contributed by atoms with Crippen LogP contribution < -0.4 is 5.32 Å². The molecule has 1 aromatic carbocycles. The number of benzene rings is 1. The first-order chi connectivity index (χ1) is 11.5. The van der Waals surface area contributed by atoms with Crippen molar-refractivity contribution in [1.82, 2.24) is 10.2 Å². The average Bonchev–Trinajstić information content (AvgIpc) is 2.60. The van der Waals surface area contributed by atoms with Gasteiger partial charge in [0.05, 0.1) is 4.92 Å². The summed E-state index contributed by atoms with van der Waals surface area (Å²) in [6.07, 6.45) is 8.70. The number of rotatable bonds is 4. The third-order valence-corrected chi connectivity index (χ3v) is 4.57. The zero-order chi connectivity index (χ0) is 17.5. The van der Waals surface area contributed by atoms with Crippen LogP contribution in [0.2, 0.25) is 0 Å². The van der Waals surface area contributed by atoms with Crippen LogP contribution in [0, 0.1) is 10.1 Å². The first-order valence-electron chi connectivity index (χ1n) is 7.97. The maximum atomic E-state index is 12.0. The zero-order valence-corrected chi connectivity index (χ0v) is 14.4. The van der Waals surface area contributed by atoms with Crippen molar-refractivity contribution in [2.75, 3.05) is 7.05 Å². The Morgan fingerprint density at radius 2 is 2.08 bits per heavy atom. The highest BCUT2D eigenvalue weighted by Crippen LogP contribution is 2.21. The smallest absolute Gasteiger partial charge is 0.270 e. The van der Waals surface area contributed by atoms with Crippen molar-refractivity contribution >= 4 is 35.0 Å². The molecule has 1 N–H and O–H groups in total. The molecular formula is C17H21N3O3S. The number of nitro groups is 1. The molecule has 1 aromatic rings. The molecule has 7 heteroatoms. The van der Waals surface area contributed by atoms with Gasteiger partial charge in [-0.1, -0.05) is 31.4 Å². The van der Waals surface area contributed by atoms with Gasteiger partial charge in [0, 0.05) is 31.3 Å². The highest BCUT2D eigenvalue weighted by molar-refractivity contribution is 7.80. The Labute approximate surface area is 146 Å². The van der Waals surface area contributed by atoms with Crippen LogP contribution in [0.4, 0.5) is 5.69 Å². The van der Waals surface area contributed by atoms with Crippen molar-refractivity contribution in [3.8, 4) is 0 Å². The zero-order valence-electron chi connectivity index (χ0n) is 13.6. The van der Waals surface area contributed by atoms with E-state index in [0.717, 1.165) is 12.8 Å². The summed E-state index contributed by atoms with van der Waals surface area (Å²) in [7, 11) is 1.91. The number of carbonyl (C=O) groups is 1. The first-order valence-corrected chi connectivity index (χ1v) is 8.38. The fraction of sp³-hybridized carbons (Fsp3) is 0.412. The first kappa shape index (κ1) is 18.1. The fourth-order valence-electron chi connectivity index (χ4n) is 2.78. The SMILES string of the molecule is CN(C(=S)NC(=O)/C=C/c1cccc([N+](=O)[O-])c1)C1CCCCC1. The lowest BCUT2D eigenvalue weighted by molar-refractivity contribution is -0.384. The van der Waals surface area contributed by atoms with Gasteiger partial charge in [-0.2, -0.15) is 0 Å². The number of amides is 1. The Hall–Kier alpha value is -2.28. The molecule has 0 radical (unpaired) electrons. The van der Waals surface area contributed by atoms with Gasteiger partial charge < -0.3 is 4.90 Å². The van der Waals surface area contributed by atoms with E-state index >= 15 is 0 Å². The molecule has 128 valence electrons. The second kappa shape index (κ2) is 8.54. The lowest BCUT2D eigenvalue weighted by atomic mass is 9.95. The molecule has 0 heterocycles. The Morgan fingerprint density at radius 3 is 2.75 bits per heavy atom. The number of carbonyl (C=O) groups excluding carboxylic acids is 1. The molecule has 0 unspecified atom stereocenters. The van der Waals surface area contributed by atoms with E-state index in [1.165, 1.54) is 43.5 Å². The van der Waals surface area contributed by atoms with Crippen LogP contribution in [0.15, 0.2) is 30.3 Å². The summed E-state index contributed by atoms with van der Waals surface area (Å²) in [4.78, 5) is 24.2. The van der Waals surface area contributed by atoms with Crippen molar-refractivity contribution in [2.24, 2.45) is 0 Å². The fourth-order valence-corrected chi connectivity index (χ4v) is 3.03. The Bertz CT molecular complexity index is 654.